The Morgan fingerprint density at radius 3 is 2.18 bits per heavy atom. The predicted molar refractivity (Wildman–Crippen MR) is 117 cm³/mol. The third-order valence-corrected chi connectivity index (χ3v) is 5.72. The van der Waals surface area contributed by atoms with Gasteiger partial charge in [0.25, 0.3) is 0 Å². The number of rotatable bonds is 11. The average molecular weight is 399 g/mol. The molecule has 28 heavy (non-hydrogen) atoms. The van der Waals surface area contributed by atoms with Gasteiger partial charge in [0.1, 0.15) is 6.04 Å². The molecule has 0 spiro atoms. The first-order valence-corrected chi connectivity index (χ1v) is 11.0. The van der Waals surface area contributed by atoms with Gasteiger partial charge < -0.3 is 10.2 Å². The molecule has 2 amide bonds. The minimum atomic E-state index is -0.416. The van der Waals surface area contributed by atoms with Crippen molar-refractivity contribution in [2.24, 2.45) is 0 Å². The number of nitrogens with zero attached hydrogens (tertiary/aromatic N) is 1. The van der Waals surface area contributed by atoms with Crippen LogP contribution < -0.4 is 5.32 Å². The zero-order valence-electron chi connectivity index (χ0n) is 16.8. The summed E-state index contributed by atoms with van der Waals surface area (Å²) in [6, 6.07) is 19.9. The number of nitrogens with one attached hydrogen (secondary N) is 1. The Kier molecular flexibility index (Phi) is 9.63. The zero-order chi connectivity index (χ0) is 20.2. The second kappa shape index (κ2) is 12.2. The van der Waals surface area contributed by atoms with Gasteiger partial charge >= 0.3 is 0 Å². The molecule has 5 heteroatoms. The maximum Gasteiger partial charge on any atom is 0.242 e. The minimum absolute atomic E-state index is 0.0481. The number of hydrogen-bond acceptors (Lipinski definition) is 3. The van der Waals surface area contributed by atoms with Gasteiger partial charge in [0.05, 0.1) is 0 Å². The predicted octanol–water partition coefficient (Wildman–Crippen LogP) is 3.91. The number of carbonyl (C=O) groups is 2. The number of amides is 2. The van der Waals surface area contributed by atoms with Crippen molar-refractivity contribution in [3.63, 3.8) is 0 Å². The van der Waals surface area contributed by atoms with Gasteiger partial charge in [-0.25, -0.2) is 0 Å². The molecule has 2 rings (SSSR count). The standard InChI is InChI=1S/C23H30N2O2S/c1-3-21(23(27)24-2)25(16-14-19-10-6-4-7-11-19)22(26)15-17-28-18-20-12-8-5-9-13-20/h4-13,21H,3,14-18H2,1-2H3,(H,24,27). The molecule has 0 bridgehead atoms. The summed E-state index contributed by atoms with van der Waals surface area (Å²) >= 11 is 1.75. The van der Waals surface area contributed by atoms with Crippen LogP contribution in [-0.2, 0) is 21.8 Å². The van der Waals surface area contributed by atoms with Gasteiger partial charge in [-0.1, -0.05) is 67.6 Å². The number of benzene rings is 2. The zero-order valence-corrected chi connectivity index (χ0v) is 17.6. The molecule has 1 unspecified atom stereocenters. The fourth-order valence-corrected chi connectivity index (χ4v) is 4.02. The summed E-state index contributed by atoms with van der Waals surface area (Å²) in [7, 11) is 1.63. The van der Waals surface area contributed by atoms with E-state index in [0.717, 1.165) is 17.9 Å². The van der Waals surface area contributed by atoms with E-state index >= 15 is 0 Å². The molecule has 0 saturated heterocycles. The molecular weight excluding hydrogens is 368 g/mol. The first kappa shape index (κ1) is 22.0. The van der Waals surface area contributed by atoms with Crippen molar-refractivity contribution in [1.82, 2.24) is 10.2 Å². The summed E-state index contributed by atoms with van der Waals surface area (Å²) in [5, 5.41) is 2.70. The lowest BCUT2D eigenvalue weighted by molar-refractivity contribution is -0.140. The van der Waals surface area contributed by atoms with Crippen LogP contribution in [0.4, 0.5) is 0 Å². The Hall–Kier alpha value is -2.27. The Labute approximate surface area is 172 Å². The topological polar surface area (TPSA) is 49.4 Å². The number of hydrogen-bond donors (Lipinski definition) is 1. The van der Waals surface area contributed by atoms with Crippen LogP contribution in [0.2, 0.25) is 0 Å². The largest absolute Gasteiger partial charge is 0.357 e. The van der Waals surface area contributed by atoms with Crippen molar-refractivity contribution in [1.29, 1.82) is 0 Å². The van der Waals surface area contributed by atoms with Crippen molar-refractivity contribution >= 4 is 23.6 Å². The molecule has 0 aliphatic heterocycles. The molecule has 2 aromatic carbocycles. The monoisotopic (exact) mass is 398 g/mol. The second-order valence-electron chi connectivity index (χ2n) is 6.65. The first-order valence-electron chi connectivity index (χ1n) is 9.82. The molecule has 150 valence electrons. The lowest BCUT2D eigenvalue weighted by atomic mass is 10.1. The van der Waals surface area contributed by atoms with Crippen molar-refractivity contribution in [3.05, 3.63) is 71.8 Å². The SMILES string of the molecule is CCC(C(=O)NC)N(CCc1ccccc1)C(=O)CCSCc1ccccc1. The molecule has 1 N–H and O–H groups in total. The third kappa shape index (κ3) is 7.04. The molecule has 0 aliphatic carbocycles. The molecule has 0 aliphatic rings. The minimum Gasteiger partial charge on any atom is -0.357 e. The van der Waals surface area contributed by atoms with Crippen LogP contribution in [-0.4, -0.2) is 42.1 Å². The van der Waals surface area contributed by atoms with Gasteiger partial charge in [0, 0.05) is 31.5 Å². The summed E-state index contributed by atoms with van der Waals surface area (Å²) in [6.07, 6.45) is 1.80. The summed E-state index contributed by atoms with van der Waals surface area (Å²) < 4.78 is 0. The molecule has 0 heterocycles. The van der Waals surface area contributed by atoms with Crippen LogP contribution in [0, 0.1) is 0 Å². The van der Waals surface area contributed by atoms with E-state index in [0.29, 0.717) is 19.4 Å². The Bertz CT molecular complexity index is 722. The Morgan fingerprint density at radius 1 is 1.00 bits per heavy atom. The van der Waals surface area contributed by atoms with Gasteiger partial charge in [-0.2, -0.15) is 11.8 Å². The third-order valence-electron chi connectivity index (χ3n) is 4.69. The van der Waals surface area contributed by atoms with Gasteiger partial charge in [-0.15, -0.1) is 0 Å². The van der Waals surface area contributed by atoms with E-state index in [9.17, 15) is 9.59 Å². The van der Waals surface area contributed by atoms with Crippen LogP contribution >= 0.6 is 11.8 Å². The smallest absolute Gasteiger partial charge is 0.242 e. The normalized spacial score (nSPS) is 11.6. The van der Waals surface area contributed by atoms with Crippen molar-refractivity contribution in [2.45, 2.75) is 38.0 Å². The fraction of sp³-hybridized carbons (Fsp3) is 0.391. The van der Waals surface area contributed by atoms with Crippen LogP contribution in [0.3, 0.4) is 0 Å². The fourth-order valence-electron chi connectivity index (χ4n) is 3.13. The molecule has 0 aromatic heterocycles. The summed E-state index contributed by atoms with van der Waals surface area (Å²) in [5.41, 5.74) is 2.43. The van der Waals surface area contributed by atoms with Crippen LogP contribution in [0.25, 0.3) is 0 Å². The average Bonchev–Trinajstić information content (AvgIpc) is 2.75. The van der Waals surface area contributed by atoms with Gasteiger partial charge in [-0.05, 0) is 24.0 Å². The van der Waals surface area contributed by atoms with Crippen LogP contribution in [0.15, 0.2) is 60.7 Å². The maximum absolute atomic E-state index is 12.9. The molecule has 4 nitrogen and oxygen atoms in total. The van der Waals surface area contributed by atoms with Crippen molar-refractivity contribution in [3.8, 4) is 0 Å². The van der Waals surface area contributed by atoms with Crippen molar-refractivity contribution < 1.29 is 9.59 Å². The summed E-state index contributed by atoms with van der Waals surface area (Å²) in [5.74, 6) is 1.60. The molecule has 0 radical (unpaired) electrons. The number of carbonyl (C=O) groups excluding carboxylic acids is 2. The summed E-state index contributed by atoms with van der Waals surface area (Å²) in [6.45, 7) is 2.50. The van der Waals surface area contributed by atoms with Crippen molar-refractivity contribution in [2.75, 3.05) is 19.3 Å². The molecule has 0 saturated carbocycles. The van der Waals surface area contributed by atoms with Gasteiger partial charge in [-0.3, -0.25) is 9.59 Å². The summed E-state index contributed by atoms with van der Waals surface area (Å²) in [4.78, 5) is 27.0. The van der Waals surface area contributed by atoms with E-state index < -0.39 is 6.04 Å². The lowest BCUT2D eigenvalue weighted by Crippen LogP contribution is -2.49. The van der Waals surface area contributed by atoms with E-state index in [1.165, 1.54) is 11.1 Å². The van der Waals surface area contributed by atoms with E-state index in [1.54, 1.807) is 23.7 Å². The molecule has 1 atom stereocenters. The Morgan fingerprint density at radius 2 is 1.61 bits per heavy atom. The highest BCUT2D eigenvalue weighted by Gasteiger charge is 2.27. The van der Waals surface area contributed by atoms with Gasteiger partial charge in [0.15, 0.2) is 0 Å². The highest BCUT2D eigenvalue weighted by atomic mass is 32.2. The van der Waals surface area contributed by atoms with E-state index in [1.807, 2.05) is 43.3 Å². The molecule has 2 aromatic rings. The number of thioether (sulfide) groups is 1. The molecule has 0 fully saturated rings. The molecular formula is C23H30N2O2S. The second-order valence-corrected chi connectivity index (χ2v) is 7.75. The van der Waals surface area contributed by atoms with E-state index in [2.05, 4.69) is 29.6 Å². The maximum atomic E-state index is 12.9. The highest BCUT2D eigenvalue weighted by Crippen LogP contribution is 2.15. The Balaban J connectivity index is 1.93. The van der Waals surface area contributed by atoms with Gasteiger partial charge in [0.2, 0.25) is 11.8 Å². The van der Waals surface area contributed by atoms with Crippen LogP contribution in [0.5, 0.6) is 0 Å². The quantitative estimate of drug-likeness (QED) is 0.584. The van der Waals surface area contributed by atoms with Crippen LogP contribution in [0.1, 0.15) is 30.9 Å². The lowest BCUT2D eigenvalue weighted by Gasteiger charge is -2.30. The number of likely N-dealkylation sites (N-methyl/N-ethyl adjacent to an activating group) is 1. The highest BCUT2D eigenvalue weighted by molar-refractivity contribution is 7.98. The first-order chi connectivity index (χ1) is 13.7. The van der Waals surface area contributed by atoms with E-state index in [-0.39, 0.29) is 11.8 Å². The van der Waals surface area contributed by atoms with E-state index in [4.69, 9.17) is 0 Å².